The molecule has 5 aromatic carbocycles. The Kier molecular flexibility index (Phi) is 4.61. The highest BCUT2D eigenvalue weighted by molar-refractivity contribution is 6.24. The number of epoxide rings is 1. The van der Waals surface area contributed by atoms with Crippen LogP contribution in [0.4, 0.5) is 0 Å². The second-order valence-electron chi connectivity index (χ2n) is 9.19. The molecular weight excluding hydrogens is 432 g/mol. The lowest BCUT2D eigenvalue weighted by Gasteiger charge is -2.13. The second kappa shape index (κ2) is 7.97. The highest BCUT2D eigenvalue weighted by Gasteiger charge is 2.23. The lowest BCUT2D eigenvalue weighted by Crippen LogP contribution is -2.04. The first-order chi connectivity index (χ1) is 17.3. The molecule has 0 bridgehead atoms. The van der Waals surface area contributed by atoms with Gasteiger partial charge in [0.15, 0.2) is 0 Å². The van der Waals surface area contributed by atoms with Crippen LogP contribution in [-0.2, 0) is 4.74 Å². The predicted molar refractivity (Wildman–Crippen MR) is 141 cm³/mol. The summed E-state index contributed by atoms with van der Waals surface area (Å²) in [6.07, 6.45) is 0.236. The normalized spacial score (nSPS) is 15.2. The molecule has 0 spiro atoms. The van der Waals surface area contributed by atoms with Crippen LogP contribution in [0.25, 0.3) is 49.7 Å². The lowest BCUT2D eigenvalue weighted by molar-refractivity contribution is 0.263. The van der Waals surface area contributed by atoms with E-state index in [2.05, 4.69) is 96.4 Å². The third-order valence-electron chi connectivity index (χ3n) is 6.77. The van der Waals surface area contributed by atoms with Crippen molar-refractivity contribution in [1.82, 2.24) is 9.55 Å². The van der Waals surface area contributed by atoms with Gasteiger partial charge in [0.2, 0.25) is 0 Å². The Morgan fingerprint density at radius 1 is 0.800 bits per heavy atom. The summed E-state index contributed by atoms with van der Waals surface area (Å²) < 4.78 is 13.5. The Morgan fingerprint density at radius 2 is 1.43 bits per heavy atom. The van der Waals surface area contributed by atoms with E-state index in [1.807, 2.05) is 12.1 Å². The van der Waals surface area contributed by atoms with Crippen molar-refractivity contribution in [3.8, 4) is 22.8 Å². The van der Waals surface area contributed by atoms with Gasteiger partial charge in [0, 0.05) is 22.0 Å². The summed E-state index contributed by atoms with van der Waals surface area (Å²) in [6, 6.07) is 34.1. The Bertz CT molecular complexity index is 1700. The van der Waals surface area contributed by atoms with Gasteiger partial charge >= 0.3 is 0 Å². The fourth-order valence-corrected chi connectivity index (χ4v) is 4.90. The van der Waals surface area contributed by atoms with Gasteiger partial charge < -0.3 is 9.47 Å². The zero-order valence-corrected chi connectivity index (χ0v) is 19.4. The van der Waals surface area contributed by atoms with Crippen LogP contribution in [-0.4, -0.2) is 28.9 Å². The number of rotatable bonds is 5. The van der Waals surface area contributed by atoms with Gasteiger partial charge in [-0.25, -0.2) is 4.98 Å². The summed E-state index contributed by atoms with van der Waals surface area (Å²) in [4.78, 5) is 5.27. The monoisotopic (exact) mass is 456 g/mol. The minimum atomic E-state index is 0.236. The molecule has 4 heteroatoms. The molecule has 1 aliphatic heterocycles. The zero-order chi connectivity index (χ0) is 23.4. The van der Waals surface area contributed by atoms with Crippen LogP contribution < -0.4 is 4.74 Å². The molecule has 170 valence electrons. The second-order valence-corrected chi connectivity index (χ2v) is 9.19. The Labute approximate surface area is 203 Å². The molecule has 35 heavy (non-hydrogen) atoms. The molecule has 4 nitrogen and oxygen atoms in total. The number of fused-ring (bicyclic) bond motifs is 6. The number of ether oxygens (including phenoxy) is 2. The molecule has 0 amide bonds. The molecule has 1 saturated heterocycles. The average molecular weight is 457 g/mol. The number of imidazole rings is 1. The minimum absolute atomic E-state index is 0.236. The van der Waals surface area contributed by atoms with E-state index < -0.39 is 0 Å². The molecule has 0 N–H and O–H groups in total. The third kappa shape index (κ3) is 3.46. The molecule has 7 rings (SSSR count). The van der Waals surface area contributed by atoms with Crippen molar-refractivity contribution in [2.75, 3.05) is 13.2 Å². The van der Waals surface area contributed by atoms with Crippen molar-refractivity contribution in [3.05, 3.63) is 103 Å². The van der Waals surface area contributed by atoms with E-state index in [1.54, 1.807) is 0 Å². The molecule has 1 aliphatic rings. The number of nitrogens with zero attached hydrogens (tertiary/aromatic N) is 2. The van der Waals surface area contributed by atoms with E-state index in [1.165, 1.54) is 21.7 Å². The molecule has 2 heterocycles. The molecule has 1 atom stereocenters. The van der Waals surface area contributed by atoms with Crippen LogP contribution in [0.2, 0.25) is 0 Å². The van der Waals surface area contributed by atoms with Crippen molar-refractivity contribution in [1.29, 1.82) is 0 Å². The molecule has 1 aromatic heterocycles. The van der Waals surface area contributed by atoms with Crippen LogP contribution in [0, 0.1) is 6.92 Å². The summed E-state index contributed by atoms with van der Waals surface area (Å²) in [5.41, 5.74) is 5.51. The molecule has 0 saturated carbocycles. The van der Waals surface area contributed by atoms with E-state index >= 15 is 0 Å². The van der Waals surface area contributed by atoms with Crippen LogP contribution in [0.1, 0.15) is 5.56 Å². The summed E-state index contributed by atoms with van der Waals surface area (Å²) >= 11 is 0. The Balaban J connectivity index is 1.53. The third-order valence-corrected chi connectivity index (χ3v) is 6.77. The molecule has 6 aromatic rings. The topological polar surface area (TPSA) is 39.6 Å². The number of benzene rings is 5. The van der Waals surface area contributed by atoms with E-state index in [0.29, 0.717) is 6.61 Å². The van der Waals surface area contributed by atoms with Gasteiger partial charge in [0.1, 0.15) is 24.3 Å². The fourth-order valence-electron chi connectivity index (χ4n) is 4.90. The number of aromatic nitrogens is 2. The first kappa shape index (κ1) is 20.2. The van der Waals surface area contributed by atoms with E-state index in [-0.39, 0.29) is 6.10 Å². The zero-order valence-electron chi connectivity index (χ0n) is 19.4. The van der Waals surface area contributed by atoms with Gasteiger partial charge in [-0.15, -0.1) is 0 Å². The van der Waals surface area contributed by atoms with Crippen LogP contribution in [0.3, 0.4) is 0 Å². The molecular formula is C31H24N2O2. The number of hydrogen-bond donors (Lipinski definition) is 0. The fraction of sp³-hybridized carbons (Fsp3) is 0.129. The molecule has 1 unspecified atom stereocenters. The maximum atomic E-state index is 5.90. The first-order valence-electron chi connectivity index (χ1n) is 12.0. The smallest absolute Gasteiger partial charge is 0.145 e. The SMILES string of the molecule is Cc1ccc(-c2nc3c4ccccc4c4ccccc4c3n2-c2ccc(OCC3CO3)cc2)cc1. The largest absolute Gasteiger partial charge is 0.491 e. The van der Waals surface area contributed by atoms with E-state index in [0.717, 1.165) is 45.9 Å². The minimum Gasteiger partial charge on any atom is -0.491 e. The predicted octanol–water partition coefficient (Wildman–Crippen LogP) is 7.08. The maximum absolute atomic E-state index is 5.90. The van der Waals surface area contributed by atoms with Crippen molar-refractivity contribution < 1.29 is 9.47 Å². The quantitative estimate of drug-likeness (QED) is 0.205. The highest BCUT2D eigenvalue weighted by atomic mass is 16.6. The van der Waals surface area contributed by atoms with Crippen molar-refractivity contribution in [2.45, 2.75) is 13.0 Å². The van der Waals surface area contributed by atoms with E-state index in [9.17, 15) is 0 Å². The Morgan fingerprint density at radius 3 is 2.11 bits per heavy atom. The Hall–Kier alpha value is -4.15. The van der Waals surface area contributed by atoms with Crippen molar-refractivity contribution >= 4 is 32.6 Å². The van der Waals surface area contributed by atoms with Gasteiger partial charge in [0.25, 0.3) is 0 Å². The molecule has 0 radical (unpaired) electrons. The average Bonchev–Trinajstić information content (AvgIpc) is 3.66. The van der Waals surface area contributed by atoms with Gasteiger partial charge in [-0.2, -0.15) is 0 Å². The van der Waals surface area contributed by atoms with Crippen LogP contribution in [0.15, 0.2) is 97.1 Å². The number of aryl methyl sites for hydroxylation is 1. The standard InChI is InChI=1S/C31H24N2O2/c1-20-10-12-21(13-11-20)31-32-29-27-8-4-2-6-25(27)26-7-3-5-9-28(26)30(29)33(31)22-14-16-23(17-15-22)34-18-24-19-35-24/h2-17,24H,18-19H2,1H3. The van der Waals surface area contributed by atoms with Crippen molar-refractivity contribution in [2.24, 2.45) is 0 Å². The summed E-state index contributed by atoms with van der Waals surface area (Å²) in [5.74, 6) is 1.78. The molecule has 0 aliphatic carbocycles. The number of hydrogen-bond acceptors (Lipinski definition) is 3. The summed E-state index contributed by atoms with van der Waals surface area (Å²) in [7, 11) is 0. The molecule has 1 fully saturated rings. The summed E-state index contributed by atoms with van der Waals surface area (Å²) in [6.45, 7) is 3.50. The van der Waals surface area contributed by atoms with Gasteiger partial charge in [-0.3, -0.25) is 4.57 Å². The van der Waals surface area contributed by atoms with Crippen LogP contribution >= 0.6 is 0 Å². The van der Waals surface area contributed by atoms with Crippen LogP contribution in [0.5, 0.6) is 5.75 Å². The summed E-state index contributed by atoms with van der Waals surface area (Å²) in [5, 5.41) is 4.81. The van der Waals surface area contributed by atoms with Gasteiger partial charge in [-0.1, -0.05) is 78.4 Å². The van der Waals surface area contributed by atoms with E-state index in [4.69, 9.17) is 14.5 Å². The maximum Gasteiger partial charge on any atom is 0.145 e. The lowest BCUT2D eigenvalue weighted by atomic mass is 10.00. The van der Waals surface area contributed by atoms with Gasteiger partial charge in [0.05, 0.1) is 17.6 Å². The first-order valence-corrected chi connectivity index (χ1v) is 12.0. The van der Waals surface area contributed by atoms with Crippen molar-refractivity contribution in [3.63, 3.8) is 0 Å². The highest BCUT2D eigenvalue weighted by Crippen LogP contribution is 2.39. The van der Waals surface area contributed by atoms with Gasteiger partial charge in [-0.05, 0) is 42.0 Å².